The molecule has 57 heavy (non-hydrogen) atoms. The smallest absolute Gasteiger partial charge is 0.306 e. The highest BCUT2D eigenvalue weighted by atomic mass is 16.7. The molecule has 0 heterocycles. The lowest BCUT2D eigenvalue weighted by Gasteiger charge is -2.26. The van der Waals surface area contributed by atoms with Crippen LogP contribution in [0.3, 0.4) is 0 Å². The van der Waals surface area contributed by atoms with E-state index in [1.165, 1.54) is 128 Å². The van der Waals surface area contributed by atoms with Crippen LogP contribution in [0.2, 0.25) is 0 Å². The molecule has 0 aromatic heterocycles. The molecule has 0 N–H and O–H groups in total. The summed E-state index contributed by atoms with van der Waals surface area (Å²) >= 11 is 0. The number of carbonyl (C=O) groups excluding carboxylic acids is 3. The first-order valence-electron chi connectivity index (χ1n) is 23.5. The Morgan fingerprint density at radius 3 is 1.39 bits per heavy atom. The molecule has 2 atom stereocenters. The van der Waals surface area contributed by atoms with Gasteiger partial charge in [0, 0.05) is 12.8 Å². The van der Waals surface area contributed by atoms with E-state index in [9.17, 15) is 19.5 Å². The molecule has 0 aliphatic heterocycles. The third kappa shape index (κ3) is 41.7. The number of aliphatic carboxylic acids is 1. The first-order valence-corrected chi connectivity index (χ1v) is 23.5. The molecule has 0 aliphatic rings. The molecular weight excluding hydrogens is 719 g/mol. The summed E-state index contributed by atoms with van der Waals surface area (Å²) in [6, 6.07) is 0. The first kappa shape index (κ1) is 54.8. The third-order valence-electron chi connectivity index (χ3n) is 10.2. The quantitative estimate of drug-likeness (QED) is 0.0197. The van der Waals surface area contributed by atoms with Crippen LogP contribution in [-0.4, -0.2) is 82.3 Å². The number of nitrogens with zero attached hydrogens (tertiary/aromatic N) is 1. The molecule has 0 radical (unpaired) electrons. The number of hydrogen-bond acceptors (Lipinski definition) is 8. The highest BCUT2D eigenvalue weighted by Crippen LogP contribution is 2.15. The molecule has 0 fully saturated rings. The molecule has 0 aromatic rings. The highest BCUT2D eigenvalue weighted by Gasteiger charge is 2.21. The Labute approximate surface area is 350 Å². The zero-order valence-corrected chi connectivity index (χ0v) is 37.7. The summed E-state index contributed by atoms with van der Waals surface area (Å²) in [5.74, 6) is -2.28. The topological polar surface area (TPSA) is 111 Å². The van der Waals surface area contributed by atoms with Crippen molar-refractivity contribution >= 4 is 17.9 Å². The average molecular weight is 808 g/mol. The minimum Gasteiger partial charge on any atom is -0.545 e. The number of hydrogen-bond donors (Lipinski definition) is 0. The predicted octanol–water partition coefficient (Wildman–Crippen LogP) is 11.1. The molecule has 0 spiro atoms. The maximum atomic E-state index is 12.7. The Morgan fingerprint density at radius 1 is 0.526 bits per heavy atom. The normalized spacial score (nSPS) is 13.1. The minimum atomic E-state index is -1.62. The third-order valence-corrected chi connectivity index (χ3v) is 10.2. The number of likely N-dealkylation sites (N-methyl/N-ethyl adjacent to an activating group) is 1. The van der Waals surface area contributed by atoms with E-state index >= 15 is 0 Å². The number of quaternary nitrogens is 1. The van der Waals surface area contributed by atoms with E-state index in [1.807, 2.05) is 21.1 Å². The van der Waals surface area contributed by atoms with Crippen LogP contribution in [0.15, 0.2) is 24.3 Å². The van der Waals surface area contributed by atoms with Crippen molar-refractivity contribution in [1.82, 2.24) is 0 Å². The Kier molecular flexibility index (Phi) is 39.0. The van der Waals surface area contributed by atoms with Gasteiger partial charge in [-0.1, -0.05) is 173 Å². The number of carboxylic acids is 1. The van der Waals surface area contributed by atoms with Gasteiger partial charge in [0.2, 0.25) is 0 Å². The summed E-state index contributed by atoms with van der Waals surface area (Å²) in [6.45, 7) is 4.71. The highest BCUT2D eigenvalue weighted by molar-refractivity contribution is 5.70. The van der Waals surface area contributed by atoms with Gasteiger partial charge in [-0.3, -0.25) is 9.59 Å². The number of rotatable bonds is 43. The molecule has 9 heteroatoms. The van der Waals surface area contributed by atoms with Crippen molar-refractivity contribution in [2.24, 2.45) is 0 Å². The zero-order chi connectivity index (χ0) is 42.1. The zero-order valence-electron chi connectivity index (χ0n) is 37.7. The van der Waals surface area contributed by atoms with Gasteiger partial charge in [0.25, 0.3) is 0 Å². The van der Waals surface area contributed by atoms with Crippen LogP contribution in [0.1, 0.15) is 206 Å². The molecule has 0 aliphatic carbocycles. The maximum absolute atomic E-state index is 12.7. The van der Waals surface area contributed by atoms with Gasteiger partial charge in [-0.2, -0.15) is 0 Å². The van der Waals surface area contributed by atoms with E-state index in [1.54, 1.807) is 0 Å². The molecule has 0 saturated heterocycles. The van der Waals surface area contributed by atoms with E-state index in [0.717, 1.165) is 44.9 Å². The summed E-state index contributed by atoms with van der Waals surface area (Å²) in [6.07, 6.45) is 40.8. The fraction of sp³-hybridized carbons (Fsp3) is 0.854. The number of carbonyl (C=O) groups is 3. The number of allylic oxidation sites excluding steroid dienone is 4. The second-order valence-corrected chi connectivity index (χ2v) is 17.1. The Hall–Kier alpha value is -2.23. The second kappa shape index (κ2) is 40.5. The van der Waals surface area contributed by atoms with Crippen molar-refractivity contribution in [3.8, 4) is 0 Å². The number of esters is 2. The molecule has 9 nitrogen and oxygen atoms in total. The van der Waals surface area contributed by atoms with Crippen LogP contribution >= 0.6 is 0 Å². The van der Waals surface area contributed by atoms with Crippen molar-refractivity contribution in [3.05, 3.63) is 24.3 Å². The summed E-state index contributed by atoms with van der Waals surface area (Å²) in [7, 11) is 5.91. The van der Waals surface area contributed by atoms with Crippen molar-refractivity contribution in [3.63, 3.8) is 0 Å². The molecule has 2 unspecified atom stereocenters. The number of ether oxygens (including phenoxy) is 4. The van der Waals surface area contributed by atoms with Gasteiger partial charge in [0.1, 0.15) is 13.2 Å². The second-order valence-electron chi connectivity index (χ2n) is 17.1. The Balaban J connectivity index is 4.27. The van der Waals surface area contributed by atoms with Gasteiger partial charge in [-0.15, -0.1) is 0 Å². The van der Waals surface area contributed by atoms with E-state index in [4.69, 9.17) is 18.9 Å². The fourth-order valence-corrected chi connectivity index (χ4v) is 6.51. The molecule has 0 rings (SSSR count). The fourth-order valence-electron chi connectivity index (χ4n) is 6.51. The molecule has 0 aromatic carbocycles. The van der Waals surface area contributed by atoms with Crippen molar-refractivity contribution in [1.29, 1.82) is 0 Å². The van der Waals surface area contributed by atoms with Crippen LogP contribution in [-0.2, 0) is 33.3 Å². The van der Waals surface area contributed by atoms with Crippen molar-refractivity contribution < 1.29 is 42.9 Å². The number of carboxylic acid groups (broad SMARTS) is 1. The Bertz CT molecular complexity index is 991. The van der Waals surface area contributed by atoms with Gasteiger partial charge in [0.15, 0.2) is 12.4 Å². The monoisotopic (exact) mass is 808 g/mol. The van der Waals surface area contributed by atoms with Gasteiger partial charge in [-0.05, 0) is 44.9 Å². The van der Waals surface area contributed by atoms with Gasteiger partial charge >= 0.3 is 11.9 Å². The largest absolute Gasteiger partial charge is 0.545 e. The maximum Gasteiger partial charge on any atom is 0.306 e. The van der Waals surface area contributed by atoms with Gasteiger partial charge < -0.3 is 33.3 Å². The summed E-state index contributed by atoms with van der Waals surface area (Å²) in [5.41, 5.74) is 0. The van der Waals surface area contributed by atoms with Crippen molar-refractivity contribution in [2.75, 3.05) is 47.5 Å². The van der Waals surface area contributed by atoms with Crippen LogP contribution in [0, 0.1) is 0 Å². The van der Waals surface area contributed by atoms with Crippen LogP contribution in [0.4, 0.5) is 0 Å². The van der Waals surface area contributed by atoms with Crippen LogP contribution < -0.4 is 5.11 Å². The molecule has 0 amide bonds. The SMILES string of the molecule is CCCCCCC/C=C\C/C=C\CCCCCCCCCCCCCC(=O)OC(COC(=O)CCCCCCCCCCC)COC(OCC[N+](C)(C)C)C(=O)[O-]. The van der Waals surface area contributed by atoms with E-state index in [-0.39, 0.29) is 32.2 Å². The van der Waals surface area contributed by atoms with Crippen LogP contribution in [0.5, 0.6) is 0 Å². The van der Waals surface area contributed by atoms with Crippen LogP contribution in [0.25, 0.3) is 0 Å². The van der Waals surface area contributed by atoms with E-state index < -0.39 is 24.3 Å². The summed E-state index contributed by atoms with van der Waals surface area (Å²) in [5, 5.41) is 11.7. The first-order chi connectivity index (χ1) is 27.6. The lowest BCUT2D eigenvalue weighted by molar-refractivity contribution is -0.870. The molecule has 0 bridgehead atoms. The van der Waals surface area contributed by atoms with E-state index in [2.05, 4.69) is 38.2 Å². The molecular formula is C48H89NO8. The molecule has 0 saturated carbocycles. The van der Waals surface area contributed by atoms with Gasteiger partial charge in [-0.25, -0.2) is 0 Å². The minimum absolute atomic E-state index is 0.149. The average Bonchev–Trinajstić information content (AvgIpc) is 3.17. The van der Waals surface area contributed by atoms with Gasteiger partial charge in [0.05, 0.1) is 40.3 Å². The lowest BCUT2D eigenvalue weighted by atomic mass is 10.0. The Morgan fingerprint density at radius 2 is 0.947 bits per heavy atom. The predicted molar refractivity (Wildman–Crippen MR) is 233 cm³/mol. The standard InChI is InChI=1S/C48H89NO8/c1-6-8-10-12-14-16-17-18-19-20-21-22-23-24-25-26-27-28-29-31-33-35-37-39-46(51)57-44(43-56-48(47(52)53)54-41-40-49(3,4)5)42-55-45(50)38-36-34-32-30-15-13-11-9-7-2/h17-18,20-21,44,48H,6-16,19,22-43H2,1-5H3/b18-17-,21-20-. The van der Waals surface area contributed by atoms with Crippen molar-refractivity contribution in [2.45, 2.75) is 219 Å². The number of unbranched alkanes of at least 4 members (excludes halogenated alkanes) is 24. The summed E-state index contributed by atoms with van der Waals surface area (Å²) in [4.78, 5) is 36.9. The summed E-state index contributed by atoms with van der Waals surface area (Å²) < 4.78 is 22.5. The lowest BCUT2D eigenvalue weighted by Crippen LogP contribution is -2.44. The van der Waals surface area contributed by atoms with E-state index in [0.29, 0.717) is 23.9 Å². The molecule has 334 valence electrons.